The molecule has 10 N–H and O–H groups in total. The third-order valence-electron chi connectivity index (χ3n) is 6.32. The summed E-state index contributed by atoms with van der Waals surface area (Å²) < 4.78 is 0. The highest BCUT2D eigenvalue weighted by Gasteiger charge is 2.34. The molecule has 0 saturated heterocycles. The van der Waals surface area contributed by atoms with Crippen LogP contribution >= 0.6 is 12.6 Å². The molecule has 43 heavy (non-hydrogen) atoms. The standard InChI is InChI=1S/C27H42N9O6S/c1-3-17(2)21(15-37)36(18-8-5-4-6-9-18)26(42)20(10-7-11-31-27(29)30)35-24(40)14-33-22(38)12-32-23(39)13-34-25(41)19(28)16-43/h4-6,8-9,17,19-21,43H,3,7,10-14,16,28H2,1-2H3,(H,32,39)(H,33,38)(H,34,41)(H,35,40)(H4,29,30,31)/t17-,19-,20-,21+/m0/s1. The van der Waals surface area contributed by atoms with E-state index in [-0.39, 0.29) is 30.6 Å². The van der Waals surface area contributed by atoms with Crippen LogP contribution in [0, 0.1) is 11.3 Å². The van der Waals surface area contributed by atoms with Gasteiger partial charge in [-0.05, 0) is 30.9 Å². The predicted octanol–water partition coefficient (Wildman–Crippen LogP) is -2.10. The van der Waals surface area contributed by atoms with Gasteiger partial charge in [0.05, 0.1) is 25.7 Å². The van der Waals surface area contributed by atoms with Gasteiger partial charge < -0.3 is 38.1 Å². The Morgan fingerprint density at radius 3 is 2.09 bits per heavy atom. The van der Waals surface area contributed by atoms with Gasteiger partial charge in [0.2, 0.25) is 35.8 Å². The first-order chi connectivity index (χ1) is 20.4. The maximum absolute atomic E-state index is 13.9. The highest BCUT2D eigenvalue weighted by atomic mass is 32.1. The van der Waals surface area contributed by atoms with Crippen LogP contribution in [0.15, 0.2) is 30.3 Å². The van der Waals surface area contributed by atoms with Crippen LogP contribution in [0.3, 0.4) is 0 Å². The molecular weight excluding hydrogens is 578 g/mol. The first-order valence-electron chi connectivity index (χ1n) is 13.8. The third kappa shape index (κ3) is 13.6. The number of benzene rings is 1. The molecule has 1 aromatic rings. The Bertz CT molecular complexity index is 1110. The van der Waals surface area contributed by atoms with Crippen molar-refractivity contribution in [1.82, 2.24) is 26.6 Å². The molecule has 0 heterocycles. The topological polar surface area (TPSA) is 242 Å². The highest BCUT2D eigenvalue weighted by molar-refractivity contribution is 7.80. The molecule has 0 aliphatic carbocycles. The number of carbonyl (C=O) groups is 5. The van der Waals surface area contributed by atoms with E-state index in [0.29, 0.717) is 18.5 Å². The number of amides is 5. The molecular formula is C27H42N9O6S. The molecule has 0 bridgehead atoms. The number of thiol groups is 1. The Balaban J connectivity index is 2.90. The van der Waals surface area contributed by atoms with Crippen LogP contribution < -0.4 is 43.0 Å². The van der Waals surface area contributed by atoms with Crippen molar-refractivity contribution in [2.75, 3.05) is 36.8 Å². The fourth-order valence-electron chi connectivity index (χ4n) is 3.72. The van der Waals surface area contributed by atoms with Crippen molar-refractivity contribution in [3.8, 4) is 0 Å². The van der Waals surface area contributed by atoms with Gasteiger partial charge >= 0.3 is 0 Å². The summed E-state index contributed by atoms with van der Waals surface area (Å²) >= 11 is 3.90. The molecule has 0 aliphatic heterocycles. The molecule has 4 atom stereocenters. The van der Waals surface area contributed by atoms with E-state index in [0.717, 1.165) is 0 Å². The Hall–Kier alpha value is -4.18. The van der Waals surface area contributed by atoms with Gasteiger partial charge in [-0.25, -0.2) is 0 Å². The molecule has 0 spiro atoms. The molecule has 0 fully saturated rings. The summed E-state index contributed by atoms with van der Waals surface area (Å²) in [6.45, 7) is 2.60. The number of para-hydroxylation sites is 1. The maximum Gasteiger partial charge on any atom is 0.250 e. The van der Waals surface area contributed by atoms with E-state index in [4.69, 9.17) is 16.9 Å². The molecule has 16 heteroatoms. The SMILES string of the molecule is CC[C@H](C)[C@@H]([C]=O)N(C(=O)[C@H](CCCNC(=N)N)NC(=O)CNC(=O)CNC(=O)CNC(=O)[C@@H](N)CS)c1ccccc1. The first kappa shape index (κ1) is 36.8. The maximum atomic E-state index is 13.9. The van der Waals surface area contributed by atoms with Gasteiger partial charge in [0.1, 0.15) is 12.1 Å². The van der Waals surface area contributed by atoms with E-state index in [1.807, 2.05) is 20.1 Å². The zero-order valence-electron chi connectivity index (χ0n) is 24.4. The molecule has 0 unspecified atom stereocenters. The van der Waals surface area contributed by atoms with Crippen LogP contribution in [0.2, 0.25) is 0 Å². The van der Waals surface area contributed by atoms with Crippen molar-refractivity contribution in [2.24, 2.45) is 17.4 Å². The fourth-order valence-corrected chi connectivity index (χ4v) is 3.89. The van der Waals surface area contributed by atoms with Crippen LogP contribution in [0.4, 0.5) is 5.69 Å². The minimum atomic E-state index is -1.09. The van der Waals surface area contributed by atoms with E-state index in [1.54, 1.807) is 30.3 Å². The first-order valence-corrected chi connectivity index (χ1v) is 14.4. The van der Waals surface area contributed by atoms with E-state index in [1.165, 1.54) is 4.90 Å². The zero-order chi connectivity index (χ0) is 32.4. The Kier molecular flexibility index (Phi) is 17.0. The summed E-state index contributed by atoms with van der Waals surface area (Å²) in [6, 6.07) is 5.67. The number of nitrogens with one attached hydrogen (secondary N) is 6. The minimum absolute atomic E-state index is 0.0952. The fraction of sp³-hybridized carbons (Fsp3) is 0.519. The largest absolute Gasteiger partial charge is 0.370 e. The van der Waals surface area contributed by atoms with Crippen LogP contribution in [0.25, 0.3) is 0 Å². The van der Waals surface area contributed by atoms with Gasteiger partial charge in [-0.1, -0.05) is 38.5 Å². The van der Waals surface area contributed by atoms with Crippen molar-refractivity contribution in [3.63, 3.8) is 0 Å². The van der Waals surface area contributed by atoms with Gasteiger partial charge in [0.25, 0.3) is 0 Å². The highest BCUT2D eigenvalue weighted by Crippen LogP contribution is 2.23. The number of hydrogen-bond acceptors (Lipinski definition) is 9. The number of hydrogen-bond donors (Lipinski definition) is 9. The average Bonchev–Trinajstić information content (AvgIpc) is 3.00. The lowest BCUT2D eigenvalue weighted by Crippen LogP contribution is -2.55. The van der Waals surface area contributed by atoms with E-state index < -0.39 is 67.3 Å². The molecule has 0 aliphatic rings. The third-order valence-corrected chi connectivity index (χ3v) is 6.71. The number of anilines is 1. The smallest absolute Gasteiger partial charge is 0.250 e. The number of carbonyl (C=O) groups excluding carboxylic acids is 6. The van der Waals surface area contributed by atoms with Gasteiger partial charge in [0, 0.05) is 18.0 Å². The molecule has 0 aromatic heterocycles. The second-order valence-corrected chi connectivity index (χ2v) is 10.0. The van der Waals surface area contributed by atoms with Gasteiger partial charge in [-0.3, -0.25) is 39.1 Å². The van der Waals surface area contributed by atoms with E-state index in [9.17, 15) is 28.8 Å². The van der Waals surface area contributed by atoms with Gasteiger partial charge in [-0.2, -0.15) is 12.6 Å². The summed E-state index contributed by atoms with van der Waals surface area (Å²) in [6.07, 6.45) is 3.03. The second kappa shape index (κ2) is 19.9. The second-order valence-electron chi connectivity index (χ2n) is 9.66. The number of nitrogens with two attached hydrogens (primary N) is 2. The van der Waals surface area contributed by atoms with Crippen LogP contribution in [0.5, 0.6) is 0 Å². The quantitative estimate of drug-likeness (QED) is 0.0355. The summed E-state index contributed by atoms with van der Waals surface area (Å²) in [4.78, 5) is 75.7. The molecule has 15 nitrogen and oxygen atoms in total. The lowest BCUT2D eigenvalue weighted by atomic mass is 9.96. The molecule has 1 radical (unpaired) electrons. The number of guanidine groups is 1. The molecule has 1 rings (SSSR count). The zero-order valence-corrected chi connectivity index (χ0v) is 25.2. The van der Waals surface area contributed by atoms with Crippen LogP contribution in [-0.4, -0.2) is 91.8 Å². The lowest BCUT2D eigenvalue weighted by Gasteiger charge is -2.34. The summed E-state index contributed by atoms with van der Waals surface area (Å²) in [7, 11) is 0. The number of rotatable bonds is 19. The Morgan fingerprint density at radius 2 is 1.56 bits per heavy atom. The van der Waals surface area contributed by atoms with E-state index in [2.05, 4.69) is 39.2 Å². The number of nitrogens with zero attached hydrogens (tertiary/aromatic N) is 1. The van der Waals surface area contributed by atoms with Crippen molar-refractivity contribution in [2.45, 2.75) is 51.2 Å². The van der Waals surface area contributed by atoms with Gasteiger partial charge in [-0.15, -0.1) is 0 Å². The van der Waals surface area contributed by atoms with Gasteiger partial charge in [0.15, 0.2) is 5.96 Å². The summed E-state index contributed by atoms with van der Waals surface area (Å²) in [5.74, 6) is -3.52. The van der Waals surface area contributed by atoms with Crippen LogP contribution in [0.1, 0.15) is 33.1 Å². The summed E-state index contributed by atoms with van der Waals surface area (Å²) in [5, 5.41) is 19.5. The molecule has 0 saturated carbocycles. The van der Waals surface area contributed by atoms with Crippen molar-refractivity contribution < 1.29 is 28.8 Å². The van der Waals surface area contributed by atoms with Crippen molar-refractivity contribution >= 4 is 60.1 Å². The molecule has 5 amide bonds. The van der Waals surface area contributed by atoms with Crippen molar-refractivity contribution in [1.29, 1.82) is 5.41 Å². The summed E-state index contributed by atoms with van der Waals surface area (Å²) in [5.41, 5.74) is 11.3. The Morgan fingerprint density at radius 1 is 0.977 bits per heavy atom. The predicted molar refractivity (Wildman–Crippen MR) is 165 cm³/mol. The Labute approximate surface area is 256 Å². The normalized spacial score (nSPS) is 13.3. The average molecular weight is 621 g/mol. The monoisotopic (exact) mass is 620 g/mol. The van der Waals surface area contributed by atoms with Crippen molar-refractivity contribution in [3.05, 3.63) is 30.3 Å². The molecule has 237 valence electrons. The lowest BCUT2D eigenvalue weighted by molar-refractivity contribution is -0.130. The minimum Gasteiger partial charge on any atom is -0.370 e. The molecule has 1 aromatic carbocycles. The van der Waals surface area contributed by atoms with Crippen LogP contribution in [-0.2, 0) is 28.8 Å². The van der Waals surface area contributed by atoms with E-state index >= 15 is 0 Å².